The Bertz CT molecular complexity index is 407. The predicted octanol–water partition coefficient (Wildman–Crippen LogP) is 0.973. The van der Waals surface area contributed by atoms with Crippen molar-refractivity contribution in [2.45, 2.75) is 25.0 Å². The van der Waals surface area contributed by atoms with E-state index in [9.17, 15) is 14.9 Å². The van der Waals surface area contributed by atoms with Crippen molar-refractivity contribution < 1.29 is 19.5 Å². The average molecular weight is 242 g/mol. The molecular weight excluding hydrogens is 232 g/mol. The molecule has 2 rings (SSSR count). The van der Waals surface area contributed by atoms with Gasteiger partial charge in [0.15, 0.2) is 5.84 Å². The van der Waals surface area contributed by atoms with Gasteiger partial charge in [-0.3, -0.25) is 0 Å². The molecule has 1 heterocycles. The normalized spacial score (nSPS) is 31.7. The minimum absolute atomic E-state index is 0.194. The second kappa shape index (κ2) is 4.53. The Morgan fingerprint density at radius 2 is 2.06 bits per heavy atom. The van der Waals surface area contributed by atoms with Gasteiger partial charge >= 0.3 is 6.03 Å². The number of azo groups is 1. The van der Waals surface area contributed by atoms with Crippen LogP contribution in [0.3, 0.4) is 0 Å². The molecule has 0 aromatic carbocycles. The van der Waals surface area contributed by atoms with Crippen LogP contribution in [0.15, 0.2) is 15.2 Å². The Hall–Kier alpha value is -1.90. The van der Waals surface area contributed by atoms with Crippen LogP contribution in [0.5, 0.6) is 0 Å². The molecular formula is C8H10N4O5. The third-order valence-corrected chi connectivity index (χ3v) is 2.79. The van der Waals surface area contributed by atoms with E-state index in [1.807, 2.05) is 0 Å². The van der Waals surface area contributed by atoms with Crippen molar-refractivity contribution in [2.75, 3.05) is 7.11 Å². The highest BCUT2D eigenvalue weighted by molar-refractivity contribution is 5.99. The van der Waals surface area contributed by atoms with Crippen molar-refractivity contribution in [3.63, 3.8) is 0 Å². The maximum atomic E-state index is 10.8. The molecule has 9 nitrogen and oxygen atoms in total. The summed E-state index contributed by atoms with van der Waals surface area (Å²) in [7, 11) is 1.45. The van der Waals surface area contributed by atoms with Gasteiger partial charge in [-0.15, -0.1) is 15.2 Å². The van der Waals surface area contributed by atoms with Gasteiger partial charge in [0.2, 0.25) is 0 Å². The third-order valence-electron chi connectivity index (χ3n) is 2.79. The lowest BCUT2D eigenvalue weighted by Crippen LogP contribution is -2.27. The van der Waals surface area contributed by atoms with E-state index in [0.717, 1.165) is 0 Å². The van der Waals surface area contributed by atoms with Gasteiger partial charge in [0.25, 0.3) is 5.09 Å². The number of methoxy groups -OCH3 is 1. The molecule has 0 saturated heterocycles. The second-order valence-corrected chi connectivity index (χ2v) is 3.76. The van der Waals surface area contributed by atoms with Crippen LogP contribution in [-0.4, -0.2) is 36.3 Å². The summed E-state index contributed by atoms with van der Waals surface area (Å²) in [4.78, 5) is 29.2. The number of carbonyl (C=O) groups is 1. The number of nitrogens with zero attached hydrogens (tertiary/aromatic N) is 4. The van der Waals surface area contributed by atoms with Gasteiger partial charge < -0.3 is 9.57 Å². The first-order chi connectivity index (χ1) is 8.10. The molecule has 1 aliphatic carbocycles. The molecule has 0 spiro atoms. The van der Waals surface area contributed by atoms with E-state index in [4.69, 9.17) is 4.74 Å². The van der Waals surface area contributed by atoms with Crippen molar-refractivity contribution in [1.82, 2.24) is 0 Å². The molecule has 17 heavy (non-hydrogen) atoms. The highest BCUT2D eigenvalue weighted by Crippen LogP contribution is 2.32. The first-order valence-electron chi connectivity index (χ1n) is 4.98. The molecule has 1 fully saturated rings. The Morgan fingerprint density at radius 3 is 2.59 bits per heavy atom. The summed E-state index contributed by atoms with van der Waals surface area (Å²) >= 11 is 0. The summed E-state index contributed by atoms with van der Waals surface area (Å²) in [5.41, 5.74) is 0. The maximum Gasteiger partial charge on any atom is 0.387 e. The highest BCUT2D eigenvalue weighted by Gasteiger charge is 2.40. The topological polar surface area (TPSA) is 116 Å². The molecule has 3 atom stereocenters. The molecule has 0 aromatic heterocycles. The van der Waals surface area contributed by atoms with E-state index in [1.165, 1.54) is 7.11 Å². The van der Waals surface area contributed by atoms with E-state index < -0.39 is 23.3 Å². The molecule has 0 aromatic rings. The van der Waals surface area contributed by atoms with Crippen LogP contribution in [0.25, 0.3) is 0 Å². The minimum Gasteiger partial charge on any atom is -0.379 e. The van der Waals surface area contributed by atoms with Gasteiger partial charge in [-0.1, -0.05) is 5.11 Å². The van der Waals surface area contributed by atoms with E-state index in [2.05, 4.69) is 20.1 Å². The number of hydrogen-bond donors (Lipinski definition) is 0. The fraction of sp³-hybridized carbons (Fsp3) is 0.750. The molecule has 0 unspecified atom stereocenters. The molecule has 92 valence electrons. The first-order valence-corrected chi connectivity index (χ1v) is 4.98. The molecule has 2 aliphatic rings. The van der Waals surface area contributed by atoms with Crippen molar-refractivity contribution in [1.29, 1.82) is 0 Å². The Labute approximate surface area is 95.6 Å². The smallest absolute Gasteiger partial charge is 0.379 e. The van der Waals surface area contributed by atoms with Crippen molar-refractivity contribution in [3.05, 3.63) is 10.1 Å². The summed E-state index contributed by atoms with van der Waals surface area (Å²) < 4.78 is 5.10. The number of carbonyl (C=O) groups excluding carboxylic acids is 1. The first kappa shape index (κ1) is 11.6. The Balaban J connectivity index is 2.04. The third kappa shape index (κ3) is 2.44. The van der Waals surface area contributed by atoms with E-state index in [0.29, 0.717) is 18.7 Å². The van der Waals surface area contributed by atoms with Crippen LogP contribution in [0.4, 0.5) is 4.79 Å². The van der Waals surface area contributed by atoms with Crippen LogP contribution in [-0.2, 0) is 9.57 Å². The van der Waals surface area contributed by atoms with Gasteiger partial charge in [0.1, 0.15) is 6.10 Å². The highest BCUT2D eigenvalue weighted by atomic mass is 17.0. The monoisotopic (exact) mass is 242 g/mol. The van der Waals surface area contributed by atoms with Crippen molar-refractivity contribution in [2.24, 2.45) is 21.1 Å². The predicted molar refractivity (Wildman–Crippen MR) is 53.1 cm³/mol. The summed E-state index contributed by atoms with van der Waals surface area (Å²) in [5, 5.41) is 16.3. The van der Waals surface area contributed by atoms with Crippen LogP contribution in [0, 0.1) is 16.0 Å². The van der Waals surface area contributed by atoms with Crippen molar-refractivity contribution >= 4 is 11.9 Å². The minimum atomic E-state index is -0.845. The van der Waals surface area contributed by atoms with Crippen LogP contribution < -0.4 is 0 Å². The van der Waals surface area contributed by atoms with Crippen LogP contribution >= 0.6 is 0 Å². The number of amides is 2. The van der Waals surface area contributed by atoms with E-state index >= 15 is 0 Å². The molecule has 0 N–H and O–H groups in total. The van der Waals surface area contributed by atoms with Gasteiger partial charge in [0.05, 0.1) is 6.10 Å². The summed E-state index contributed by atoms with van der Waals surface area (Å²) in [6.07, 6.45) is -0.252. The van der Waals surface area contributed by atoms with Gasteiger partial charge in [-0.2, -0.15) is 4.99 Å². The number of urea groups is 1. The Morgan fingerprint density at radius 1 is 1.35 bits per heavy atom. The number of hydrogen-bond acceptors (Lipinski definition) is 6. The lowest BCUT2D eigenvalue weighted by Gasteiger charge is -2.14. The fourth-order valence-corrected chi connectivity index (χ4v) is 2.05. The zero-order valence-electron chi connectivity index (χ0n) is 8.98. The molecule has 0 bridgehead atoms. The molecule has 2 amide bonds. The quantitative estimate of drug-likeness (QED) is 0.538. The summed E-state index contributed by atoms with van der Waals surface area (Å²) in [6.45, 7) is 0. The van der Waals surface area contributed by atoms with Gasteiger partial charge in [-0.05, 0) is 12.8 Å². The molecule has 1 saturated carbocycles. The van der Waals surface area contributed by atoms with E-state index in [-0.39, 0.29) is 5.92 Å². The molecule has 9 heteroatoms. The largest absolute Gasteiger partial charge is 0.387 e. The molecule has 0 radical (unpaired) electrons. The van der Waals surface area contributed by atoms with E-state index in [1.54, 1.807) is 0 Å². The lowest BCUT2D eigenvalue weighted by molar-refractivity contribution is -0.770. The summed E-state index contributed by atoms with van der Waals surface area (Å²) in [6, 6.07) is -0.646. The molecule has 1 aliphatic heterocycles. The maximum absolute atomic E-state index is 10.8. The SMILES string of the molecule is CO[C@H]1C[C@@H](C2=NC(=O)N=N2)C[C@@H]1O[N+](=O)[O-]. The summed E-state index contributed by atoms with van der Waals surface area (Å²) in [5.74, 6) is 0.103. The lowest BCUT2D eigenvalue weighted by atomic mass is 10.1. The average Bonchev–Trinajstić information content (AvgIpc) is 2.83. The Kier molecular flexibility index (Phi) is 3.09. The van der Waals surface area contributed by atoms with Gasteiger partial charge in [0, 0.05) is 13.0 Å². The zero-order chi connectivity index (χ0) is 12.4. The fourth-order valence-electron chi connectivity index (χ4n) is 2.05. The number of rotatable bonds is 4. The van der Waals surface area contributed by atoms with Gasteiger partial charge in [-0.25, -0.2) is 4.79 Å². The number of aliphatic imine (C=N–C) groups is 1. The van der Waals surface area contributed by atoms with Crippen molar-refractivity contribution in [3.8, 4) is 0 Å². The zero-order valence-corrected chi connectivity index (χ0v) is 8.98. The number of amidine groups is 1. The standard InChI is InChI=1S/C8H10N4O5/c1-16-5-2-4(3-6(5)17-12(14)15)7-9-8(13)11-10-7/h4-6H,2-3H2,1H3/t4-,5+,6+/m1/s1. The number of ether oxygens (including phenoxy) is 1. The van der Waals surface area contributed by atoms with Crippen LogP contribution in [0.2, 0.25) is 0 Å². The van der Waals surface area contributed by atoms with Crippen LogP contribution in [0.1, 0.15) is 12.8 Å². The second-order valence-electron chi connectivity index (χ2n) is 3.76.